The molecule has 3 aromatic heterocycles. The molecular weight excluding hydrogens is 308 g/mol. The molecule has 0 unspecified atom stereocenters. The molecule has 3 aromatic rings. The molecule has 0 bridgehead atoms. The van der Waals surface area contributed by atoms with Gasteiger partial charge in [0.05, 0.1) is 12.8 Å². The molecule has 0 N–H and O–H groups in total. The van der Waals surface area contributed by atoms with Gasteiger partial charge in [0.25, 0.3) is 0 Å². The molecule has 0 spiro atoms. The van der Waals surface area contributed by atoms with Crippen LogP contribution < -0.4 is 0 Å². The minimum absolute atomic E-state index is 0.0568. The van der Waals surface area contributed by atoms with E-state index in [9.17, 15) is 4.79 Å². The number of nitrogens with zero attached hydrogens (tertiary/aromatic N) is 2. The van der Waals surface area contributed by atoms with E-state index in [-0.39, 0.29) is 5.91 Å². The van der Waals surface area contributed by atoms with Crippen LogP contribution in [0.4, 0.5) is 0 Å². The summed E-state index contributed by atoms with van der Waals surface area (Å²) in [5.41, 5.74) is 0.983. The molecule has 3 rings (SSSR count). The Kier molecular flexibility index (Phi) is 5.01. The van der Waals surface area contributed by atoms with Crippen LogP contribution in [-0.4, -0.2) is 15.8 Å². The van der Waals surface area contributed by atoms with Crippen LogP contribution in [0.1, 0.15) is 16.2 Å². The second-order valence-electron chi connectivity index (χ2n) is 4.98. The molecular formula is C18H16N2O2S. The highest BCUT2D eigenvalue weighted by Crippen LogP contribution is 2.13. The lowest BCUT2D eigenvalue weighted by Crippen LogP contribution is -2.28. The summed E-state index contributed by atoms with van der Waals surface area (Å²) in [5, 5.41) is 1.99. The fourth-order valence-corrected chi connectivity index (χ4v) is 2.78. The predicted molar refractivity (Wildman–Crippen MR) is 90.6 cm³/mol. The van der Waals surface area contributed by atoms with Gasteiger partial charge >= 0.3 is 0 Å². The molecule has 0 saturated carbocycles. The van der Waals surface area contributed by atoms with Crippen LogP contribution in [0.25, 0.3) is 6.08 Å². The van der Waals surface area contributed by atoms with E-state index >= 15 is 0 Å². The lowest BCUT2D eigenvalue weighted by Gasteiger charge is -2.20. The molecule has 0 atom stereocenters. The first-order chi connectivity index (χ1) is 11.3. The zero-order valence-corrected chi connectivity index (χ0v) is 13.3. The average Bonchev–Trinajstić information content (AvgIpc) is 3.26. The van der Waals surface area contributed by atoms with E-state index in [0.29, 0.717) is 13.1 Å². The van der Waals surface area contributed by atoms with Crippen molar-refractivity contribution in [3.63, 3.8) is 0 Å². The van der Waals surface area contributed by atoms with Crippen LogP contribution in [0.5, 0.6) is 0 Å². The molecule has 0 aliphatic carbocycles. The third-order valence-electron chi connectivity index (χ3n) is 3.27. The molecule has 0 aromatic carbocycles. The van der Waals surface area contributed by atoms with Gasteiger partial charge in [0, 0.05) is 29.9 Å². The number of thiophene rings is 1. The van der Waals surface area contributed by atoms with Crippen molar-refractivity contribution in [2.45, 2.75) is 13.1 Å². The van der Waals surface area contributed by atoms with E-state index < -0.39 is 0 Å². The van der Waals surface area contributed by atoms with Crippen molar-refractivity contribution in [2.75, 3.05) is 0 Å². The van der Waals surface area contributed by atoms with Crippen LogP contribution in [0, 0.1) is 0 Å². The molecule has 1 amide bonds. The van der Waals surface area contributed by atoms with Crippen LogP contribution in [0.2, 0.25) is 0 Å². The Hall–Kier alpha value is -2.66. The van der Waals surface area contributed by atoms with Gasteiger partial charge in [-0.15, -0.1) is 11.3 Å². The number of rotatable bonds is 6. The van der Waals surface area contributed by atoms with Crippen LogP contribution in [-0.2, 0) is 17.9 Å². The Bertz CT molecular complexity index is 750. The summed E-state index contributed by atoms with van der Waals surface area (Å²) in [6.45, 7) is 0.914. The Labute approximate surface area is 138 Å². The van der Waals surface area contributed by atoms with Gasteiger partial charge in [0.15, 0.2) is 0 Å². The van der Waals surface area contributed by atoms with Gasteiger partial charge in [-0.1, -0.05) is 12.1 Å². The van der Waals surface area contributed by atoms with E-state index in [4.69, 9.17) is 4.42 Å². The minimum atomic E-state index is -0.0568. The molecule has 0 aliphatic heterocycles. The van der Waals surface area contributed by atoms with Gasteiger partial charge in [-0.2, -0.15) is 0 Å². The second kappa shape index (κ2) is 7.56. The maximum atomic E-state index is 12.6. The number of pyridine rings is 1. The summed E-state index contributed by atoms with van der Waals surface area (Å²) >= 11 is 1.60. The van der Waals surface area contributed by atoms with Crippen molar-refractivity contribution in [3.05, 3.63) is 82.7 Å². The third-order valence-corrected chi connectivity index (χ3v) is 4.11. The molecule has 5 heteroatoms. The number of amides is 1. The van der Waals surface area contributed by atoms with Gasteiger partial charge in [0.2, 0.25) is 5.91 Å². The number of carbonyl (C=O) groups is 1. The first kappa shape index (κ1) is 15.2. The van der Waals surface area contributed by atoms with E-state index in [2.05, 4.69) is 4.98 Å². The van der Waals surface area contributed by atoms with Gasteiger partial charge in [-0.05, 0) is 41.3 Å². The van der Waals surface area contributed by atoms with E-state index in [1.165, 1.54) is 0 Å². The summed E-state index contributed by atoms with van der Waals surface area (Å²) in [5.74, 6) is 0.699. The first-order valence-electron chi connectivity index (χ1n) is 7.23. The van der Waals surface area contributed by atoms with Crippen molar-refractivity contribution in [1.29, 1.82) is 0 Å². The highest BCUT2D eigenvalue weighted by Gasteiger charge is 2.13. The van der Waals surface area contributed by atoms with Crippen molar-refractivity contribution in [1.82, 2.24) is 9.88 Å². The van der Waals surface area contributed by atoms with Crippen molar-refractivity contribution in [2.24, 2.45) is 0 Å². The van der Waals surface area contributed by atoms with Gasteiger partial charge < -0.3 is 9.32 Å². The topological polar surface area (TPSA) is 46.3 Å². The number of carbonyl (C=O) groups excluding carboxylic acids is 1. The zero-order valence-electron chi connectivity index (χ0n) is 12.5. The lowest BCUT2D eigenvalue weighted by atomic mass is 10.2. The van der Waals surface area contributed by atoms with Gasteiger partial charge in [-0.3, -0.25) is 9.78 Å². The van der Waals surface area contributed by atoms with Crippen LogP contribution in [0.15, 0.2) is 70.9 Å². The Morgan fingerprint density at radius 1 is 1.22 bits per heavy atom. The van der Waals surface area contributed by atoms with Crippen LogP contribution in [0.3, 0.4) is 0 Å². The molecule has 116 valence electrons. The fraction of sp³-hybridized carbons (Fsp3) is 0.111. The summed E-state index contributed by atoms with van der Waals surface area (Å²) in [4.78, 5) is 19.4. The highest BCUT2D eigenvalue weighted by atomic mass is 32.1. The molecule has 3 heterocycles. The van der Waals surface area contributed by atoms with E-state index in [0.717, 1.165) is 16.2 Å². The number of furan rings is 1. The van der Waals surface area contributed by atoms with Gasteiger partial charge in [-0.25, -0.2) is 0 Å². The standard InChI is InChI=1S/C18H16N2O2S/c21-18(8-7-17-6-3-11-23-17)20(14-16-5-2-10-22-16)13-15-4-1-9-19-12-15/h1-12H,13-14H2/b8-7+. The molecule has 0 radical (unpaired) electrons. The fourth-order valence-electron chi connectivity index (χ4n) is 2.16. The minimum Gasteiger partial charge on any atom is -0.467 e. The second-order valence-corrected chi connectivity index (χ2v) is 5.96. The highest BCUT2D eigenvalue weighted by molar-refractivity contribution is 7.10. The largest absolute Gasteiger partial charge is 0.467 e. The molecule has 23 heavy (non-hydrogen) atoms. The summed E-state index contributed by atoms with van der Waals surface area (Å²) in [7, 11) is 0. The normalized spacial score (nSPS) is 11.0. The Morgan fingerprint density at radius 2 is 2.17 bits per heavy atom. The summed E-state index contributed by atoms with van der Waals surface area (Å²) < 4.78 is 5.37. The number of hydrogen-bond donors (Lipinski definition) is 0. The first-order valence-corrected chi connectivity index (χ1v) is 8.11. The number of hydrogen-bond acceptors (Lipinski definition) is 4. The van der Waals surface area contributed by atoms with E-state index in [1.807, 2.05) is 47.9 Å². The zero-order chi connectivity index (χ0) is 15.9. The quantitative estimate of drug-likeness (QED) is 0.644. The summed E-state index contributed by atoms with van der Waals surface area (Å²) in [6.07, 6.45) is 8.55. The summed E-state index contributed by atoms with van der Waals surface area (Å²) in [6, 6.07) is 11.5. The maximum absolute atomic E-state index is 12.6. The molecule has 4 nitrogen and oxygen atoms in total. The van der Waals surface area contributed by atoms with Crippen molar-refractivity contribution >= 4 is 23.3 Å². The third kappa shape index (κ3) is 4.40. The predicted octanol–water partition coefficient (Wildman–Crippen LogP) is 3.98. The van der Waals surface area contributed by atoms with Crippen LogP contribution >= 0.6 is 11.3 Å². The number of aromatic nitrogens is 1. The van der Waals surface area contributed by atoms with Gasteiger partial charge in [0.1, 0.15) is 5.76 Å². The maximum Gasteiger partial charge on any atom is 0.247 e. The SMILES string of the molecule is O=C(/C=C/c1cccs1)N(Cc1cccnc1)Cc1ccco1. The lowest BCUT2D eigenvalue weighted by molar-refractivity contribution is -0.127. The van der Waals surface area contributed by atoms with Crippen molar-refractivity contribution < 1.29 is 9.21 Å². The average molecular weight is 324 g/mol. The molecule has 0 saturated heterocycles. The molecule has 0 fully saturated rings. The monoisotopic (exact) mass is 324 g/mol. The van der Waals surface area contributed by atoms with E-state index in [1.54, 1.807) is 41.0 Å². The Morgan fingerprint density at radius 3 is 2.87 bits per heavy atom. The smallest absolute Gasteiger partial charge is 0.247 e. The molecule has 0 aliphatic rings. The van der Waals surface area contributed by atoms with Crippen molar-refractivity contribution in [3.8, 4) is 0 Å². The Balaban J connectivity index is 1.74.